The molecule has 0 unspecified atom stereocenters. The van der Waals surface area contributed by atoms with Crippen LogP contribution in [0.3, 0.4) is 0 Å². The summed E-state index contributed by atoms with van der Waals surface area (Å²) in [4.78, 5) is 10.9. The van der Waals surface area contributed by atoms with Gasteiger partial charge in [0.15, 0.2) is 5.76 Å². The highest BCUT2D eigenvalue weighted by Gasteiger charge is 2.11. The Morgan fingerprint density at radius 3 is 2.78 bits per heavy atom. The molecule has 0 aliphatic heterocycles. The molecule has 0 saturated carbocycles. The Morgan fingerprint density at radius 1 is 1.11 bits per heavy atom. The van der Waals surface area contributed by atoms with E-state index in [-0.39, 0.29) is 5.56 Å². The lowest BCUT2D eigenvalue weighted by Crippen LogP contribution is -1.95. The lowest BCUT2D eigenvalue weighted by atomic mass is 10.1. The average Bonchev–Trinajstić information content (AvgIpc) is 2.82. The number of nitrogens with zero attached hydrogens (tertiary/aromatic N) is 1. The SMILES string of the molecule is O=C(O)c1cccc(-c2onc3ccccc23)c1. The lowest BCUT2D eigenvalue weighted by Gasteiger charge is -1.98. The first kappa shape index (κ1) is 10.5. The summed E-state index contributed by atoms with van der Waals surface area (Å²) < 4.78 is 5.29. The quantitative estimate of drug-likeness (QED) is 0.745. The Hall–Kier alpha value is -2.62. The monoisotopic (exact) mass is 239 g/mol. The van der Waals surface area contributed by atoms with Gasteiger partial charge >= 0.3 is 5.97 Å². The highest BCUT2D eigenvalue weighted by atomic mass is 16.5. The van der Waals surface area contributed by atoms with Crippen molar-refractivity contribution >= 4 is 16.9 Å². The van der Waals surface area contributed by atoms with Gasteiger partial charge in [0.1, 0.15) is 5.52 Å². The Balaban J connectivity index is 2.20. The largest absolute Gasteiger partial charge is 0.478 e. The number of hydrogen-bond acceptors (Lipinski definition) is 3. The molecule has 3 aromatic rings. The Labute approximate surface area is 102 Å². The number of rotatable bonds is 2. The van der Waals surface area contributed by atoms with E-state index in [0.717, 1.165) is 10.9 Å². The molecular formula is C14H9NO3. The first-order valence-corrected chi connectivity index (χ1v) is 5.44. The van der Waals surface area contributed by atoms with Gasteiger partial charge in [-0.3, -0.25) is 0 Å². The molecule has 3 rings (SSSR count). The van der Waals surface area contributed by atoms with Crippen LogP contribution in [0.5, 0.6) is 0 Å². The van der Waals surface area contributed by atoms with Gasteiger partial charge in [-0.05, 0) is 24.3 Å². The lowest BCUT2D eigenvalue weighted by molar-refractivity contribution is 0.0697. The minimum atomic E-state index is -0.958. The minimum absolute atomic E-state index is 0.230. The van der Waals surface area contributed by atoms with E-state index in [9.17, 15) is 4.79 Å². The average molecular weight is 239 g/mol. The van der Waals surface area contributed by atoms with Crippen LogP contribution in [0.4, 0.5) is 0 Å². The van der Waals surface area contributed by atoms with Crippen LogP contribution < -0.4 is 0 Å². The first-order chi connectivity index (χ1) is 8.75. The summed E-state index contributed by atoms with van der Waals surface area (Å²) in [5.74, 6) is -0.366. The topological polar surface area (TPSA) is 63.3 Å². The van der Waals surface area contributed by atoms with Gasteiger partial charge < -0.3 is 9.63 Å². The molecule has 1 N–H and O–H groups in total. The fourth-order valence-electron chi connectivity index (χ4n) is 1.89. The van der Waals surface area contributed by atoms with Gasteiger partial charge in [0.05, 0.1) is 5.56 Å². The van der Waals surface area contributed by atoms with Crippen LogP contribution in [0.25, 0.3) is 22.2 Å². The van der Waals surface area contributed by atoms with Crippen molar-refractivity contribution < 1.29 is 14.4 Å². The van der Waals surface area contributed by atoms with Crippen LogP contribution in [0.15, 0.2) is 53.1 Å². The third-order valence-corrected chi connectivity index (χ3v) is 2.76. The molecule has 0 bridgehead atoms. The van der Waals surface area contributed by atoms with Crippen LogP contribution in [0, 0.1) is 0 Å². The number of fused-ring (bicyclic) bond motifs is 1. The zero-order valence-corrected chi connectivity index (χ0v) is 9.33. The van der Waals surface area contributed by atoms with Gasteiger partial charge in [-0.2, -0.15) is 0 Å². The Kier molecular flexibility index (Phi) is 2.34. The molecular weight excluding hydrogens is 230 g/mol. The molecule has 88 valence electrons. The van der Waals surface area contributed by atoms with Crippen molar-refractivity contribution in [1.29, 1.82) is 0 Å². The van der Waals surface area contributed by atoms with E-state index in [1.54, 1.807) is 24.3 Å². The zero-order valence-electron chi connectivity index (χ0n) is 9.33. The van der Waals surface area contributed by atoms with E-state index in [1.807, 2.05) is 24.3 Å². The number of carbonyl (C=O) groups is 1. The number of aromatic nitrogens is 1. The third-order valence-electron chi connectivity index (χ3n) is 2.76. The van der Waals surface area contributed by atoms with Crippen molar-refractivity contribution in [2.24, 2.45) is 0 Å². The molecule has 0 fully saturated rings. The molecule has 2 aromatic carbocycles. The number of hydrogen-bond donors (Lipinski definition) is 1. The molecule has 0 amide bonds. The fraction of sp³-hybridized carbons (Fsp3) is 0. The summed E-state index contributed by atoms with van der Waals surface area (Å²) in [5, 5.41) is 13.8. The predicted molar refractivity (Wildman–Crippen MR) is 66.4 cm³/mol. The van der Waals surface area contributed by atoms with E-state index in [2.05, 4.69) is 5.16 Å². The molecule has 0 atom stereocenters. The fourth-order valence-corrected chi connectivity index (χ4v) is 1.89. The van der Waals surface area contributed by atoms with Gasteiger partial charge in [-0.15, -0.1) is 0 Å². The standard InChI is InChI=1S/C14H9NO3/c16-14(17)10-5-3-4-9(8-10)13-11-6-1-2-7-12(11)15-18-13/h1-8H,(H,16,17). The van der Waals surface area contributed by atoms with Gasteiger partial charge in [0.25, 0.3) is 0 Å². The summed E-state index contributed by atoms with van der Waals surface area (Å²) in [6, 6.07) is 14.1. The van der Waals surface area contributed by atoms with Gasteiger partial charge in [-0.25, -0.2) is 4.79 Å². The Bertz CT molecular complexity index is 730. The van der Waals surface area contributed by atoms with Crippen LogP contribution in [-0.4, -0.2) is 16.2 Å². The molecule has 4 heteroatoms. The highest BCUT2D eigenvalue weighted by molar-refractivity contribution is 5.94. The van der Waals surface area contributed by atoms with Crippen molar-refractivity contribution in [1.82, 2.24) is 5.16 Å². The summed E-state index contributed by atoms with van der Waals surface area (Å²) in [6.45, 7) is 0. The van der Waals surface area contributed by atoms with E-state index < -0.39 is 5.97 Å². The zero-order chi connectivity index (χ0) is 12.5. The van der Waals surface area contributed by atoms with Gasteiger partial charge in [0, 0.05) is 10.9 Å². The maximum Gasteiger partial charge on any atom is 0.335 e. The summed E-state index contributed by atoms with van der Waals surface area (Å²) >= 11 is 0. The second kappa shape index (κ2) is 4.00. The number of benzene rings is 2. The maximum atomic E-state index is 10.9. The molecule has 4 nitrogen and oxygen atoms in total. The van der Waals surface area contributed by atoms with Crippen LogP contribution in [-0.2, 0) is 0 Å². The number of carboxylic acid groups (broad SMARTS) is 1. The van der Waals surface area contributed by atoms with Crippen molar-refractivity contribution in [3.8, 4) is 11.3 Å². The highest BCUT2D eigenvalue weighted by Crippen LogP contribution is 2.28. The van der Waals surface area contributed by atoms with Gasteiger partial charge in [0.2, 0.25) is 0 Å². The van der Waals surface area contributed by atoms with E-state index >= 15 is 0 Å². The minimum Gasteiger partial charge on any atom is -0.478 e. The predicted octanol–water partition coefficient (Wildman–Crippen LogP) is 3.19. The number of carboxylic acids is 1. The van der Waals surface area contributed by atoms with Crippen LogP contribution in [0.2, 0.25) is 0 Å². The maximum absolute atomic E-state index is 10.9. The molecule has 18 heavy (non-hydrogen) atoms. The smallest absolute Gasteiger partial charge is 0.335 e. The van der Waals surface area contributed by atoms with Crippen molar-refractivity contribution in [2.45, 2.75) is 0 Å². The van der Waals surface area contributed by atoms with Crippen molar-refractivity contribution in [3.63, 3.8) is 0 Å². The number of aromatic carboxylic acids is 1. The summed E-state index contributed by atoms with van der Waals surface area (Å²) in [6.07, 6.45) is 0. The molecule has 1 heterocycles. The van der Waals surface area contributed by atoms with Crippen molar-refractivity contribution in [3.05, 3.63) is 54.1 Å². The normalized spacial score (nSPS) is 10.7. The molecule has 0 radical (unpaired) electrons. The molecule has 1 aromatic heterocycles. The van der Waals surface area contributed by atoms with Crippen LogP contribution in [0.1, 0.15) is 10.4 Å². The summed E-state index contributed by atoms with van der Waals surface area (Å²) in [5.41, 5.74) is 1.70. The Morgan fingerprint density at radius 2 is 1.94 bits per heavy atom. The second-order valence-corrected chi connectivity index (χ2v) is 3.91. The molecule has 0 aliphatic carbocycles. The van der Waals surface area contributed by atoms with Crippen LogP contribution >= 0.6 is 0 Å². The summed E-state index contributed by atoms with van der Waals surface area (Å²) in [7, 11) is 0. The van der Waals surface area contributed by atoms with E-state index in [1.165, 1.54) is 0 Å². The first-order valence-electron chi connectivity index (χ1n) is 5.44. The van der Waals surface area contributed by atoms with E-state index in [4.69, 9.17) is 9.63 Å². The molecule has 0 spiro atoms. The molecule has 0 saturated heterocycles. The second-order valence-electron chi connectivity index (χ2n) is 3.91. The van der Waals surface area contributed by atoms with E-state index in [0.29, 0.717) is 11.3 Å². The van der Waals surface area contributed by atoms with Crippen molar-refractivity contribution in [2.75, 3.05) is 0 Å². The third kappa shape index (κ3) is 1.64. The molecule has 0 aliphatic rings. The van der Waals surface area contributed by atoms with Gasteiger partial charge in [-0.1, -0.05) is 29.4 Å².